The normalized spacial score (nSPS) is 16.1. The van der Waals surface area contributed by atoms with Gasteiger partial charge in [0.05, 0.1) is 11.6 Å². The van der Waals surface area contributed by atoms with Gasteiger partial charge >= 0.3 is 0 Å². The number of oxazole rings is 1. The summed E-state index contributed by atoms with van der Waals surface area (Å²) in [5.41, 5.74) is 2.49. The molecule has 0 saturated carbocycles. The first-order valence-electron chi connectivity index (χ1n) is 14.9. The highest BCUT2D eigenvalue weighted by Gasteiger charge is 2.42. The number of aromatic nitrogens is 1. The zero-order valence-corrected chi connectivity index (χ0v) is 25.8. The van der Waals surface area contributed by atoms with Crippen molar-refractivity contribution in [2.45, 2.75) is 38.0 Å². The average Bonchev–Trinajstić information content (AvgIpc) is 3.62. The molecule has 1 amide bonds. The molecule has 218 valence electrons. The molecule has 7 rings (SSSR count). The van der Waals surface area contributed by atoms with Gasteiger partial charge in [0.15, 0.2) is 11.7 Å². The molecule has 3 heterocycles. The number of anilines is 1. The average molecular weight is 589 g/mol. The summed E-state index contributed by atoms with van der Waals surface area (Å²) in [6.45, 7) is 5.47. The highest BCUT2D eigenvalue weighted by Crippen LogP contribution is 2.43. The van der Waals surface area contributed by atoms with Gasteiger partial charge in [-0.2, -0.15) is 0 Å². The Hall–Kier alpha value is -4.05. The number of nitrogens with zero attached hydrogens (tertiary/aromatic N) is 2. The summed E-state index contributed by atoms with van der Waals surface area (Å²) in [7, 11) is 1.38. The smallest absolute Gasteiger partial charge is 0.236 e. The second kappa shape index (κ2) is 12.7. The van der Waals surface area contributed by atoms with Crippen LogP contribution < -0.4 is 20.8 Å². The Morgan fingerprint density at radius 2 is 1.33 bits per heavy atom. The van der Waals surface area contributed by atoms with E-state index in [0.717, 1.165) is 54.5 Å². The van der Waals surface area contributed by atoms with E-state index in [2.05, 4.69) is 96.0 Å². The predicted molar refractivity (Wildman–Crippen MR) is 176 cm³/mol. The zero-order chi connectivity index (χ0) is 29.8. The molecular weight excluding hydrogens is 551 g/mol. The van der Waals surface area contributed by atoms with E-state index >= 15 is 0 Å². The lowest BCUT2D eigenvalue weighted by Crippen LogP contribution is -2.33. The summed E-state index contributed by atoms with van der Waals surface area (Å²) in [6.07, 6.45) is 3.69. The molecule has 4 aromatic carbocycles. The van der Waals surface area contributed by atoms with Crippen molar-refractivity contribution in [1.82, 2.24) is 4.98 Å². The van der Waals surface area contributed by atoms with Crippen molar-refractivity contribution in [2.75, 3.05) is 25.2 Å². The SMILES string of the molecule is CN1C(=O)C(C)(C)c2ccc(-c3cnc(C4CCOCC4)o3)cc21.c1ccc(P(c2ccccc2)c2ccccc2)cc1. The number of carbonyl (C=O) groups excluding carboxylic acids is 1. The Bertz CT molecular complexity index is 1570. The van der Waals surface area contributed by atoms with Gasteiger partial charge in [-0.1, -0.05) is 103 Å². The first kappa shape index (κ1) is 29.0. The van der Waals surface area contributed by atoms with Gasteiger partial charge in [0.2, 0.25) is 5.91 Å². The highest BCUT2D eigenvalue weighted by molar-refractivity contribution is 7.79. The number of hydrogen-bond donors (Lipinski definition) is 0. The maximum atomic E-state index is 12.4. The van der Waals surface area contributed by atoms with Crippen LogP contribution in [0.1, 0.15) is 44.1 Å². The molecule has 0 bridgehead atoms. The van der Waals surface area contributed by atoms with Crippen LogP contribution in [-0.4, -0.2) is 31.2 Å². The maximum absolute atomic E-state index is 12.4. The van der Waals surface area contributed by atoms with Crippen molar-refractivity contribution in [3.8, 4) is 11.3 Å². The summed E-state index contributed by atoms with van der Waals surface area (Å²) in [5, 5.41) is 4.19. The molecule has 0 radical (unpaired) electrons. The number of carbonyl (C=O) groups is 1. The van der Waals surface area contributed by atoms with Gasteiger partial charge in [-0.05, 0) is 62.2 Å². The molecule has 5 nitrogen and oxygen atoms in total. The molecule has 1 aromatic heterocycles. The Balaban J connectivity index is 0.000000157. The molecule has 0 N–H and O–H groups in total. The van der Waals surface area contributed by atoms with Gasteiger partial charge in [0, 0.05) is 37.4 Å². The molecule has 43 heavy (non-hydrogen) atoms. The number of rotatable bonds is 5. The highest BCUT2D eigenvalue weighted by atomic mass is 31.1. The van der Waals surface area contributed by atoms with Crippen molar-refractivity contribution >= 4 is 35.4 Å². The summed E-state index contributed by atoms with van der Waals surface area (Å²) in [4.78, 5) is 18.6. The van der Waals surface area contributed by atoms with Crippen molar-refractivity contribution in [3.63, 3.8) is 0 Å². The number of hydrogen-bond acceptors (Lipinski definition) is 4. The monoisotopic (exact) mass is 588 g/mol. The van der Waals surface area contributed by atoms with Crippen molar-refractivity contribution in [1.29, 1.82) is 0 Å². The number of amides is 1. The van der Waals surface area contributed by atoms with Crippen LogP contribution in [0.25, 0.3) is 11.3 Å². The van der Waals surface area contributed by atoms with Gasteiger partial charge in [-0.15, -0.1) is 0 Å². The number of likely N-dealkylation sites (N-methyl/N-ethyl adjacent to an activating group) is 1. The largest absolute Gasteiger partial charge is 0.440 e. The third kappa shape index (κ3) is 6.06. The van der Waals surface area contributed by atoms with Crippen LogP contribution >= 0.6 is 7.92 Å². The molecule has 1 saturated heterocycles. The van der Waals surface area contributed by atoms with Crippen LogP contribution in [0.5, 0.6) is 0 Å². The minimum Gasteiger partial charge on any atom is -0.440 e. The Kier molecular flexibility index (Phi) is 8.56. The van der Waals surface area contributed by atoms with Crippen molar-refractivity contribution in [3.05, 3.63) is 127 Å². The Morgan fingerprint density at radius 1 is 0.791 bits per heavy atom. The topological polar surface area (TPSA) is 55.6 Å². The molecule has 0 spiro atoms. The van der Waals surface area contributed by atoms with E-state index in [-0.39, 0.29) is 5.91 Å². The van der Waals surface area contributed by atoms with E-state index in [1.165, 1.54) is 15.9 Å². The zero-order valence-electron chi connectivity index (χ0n) is 24.9. The Labute approximate surface area is 255 Å². The van der Waals surface area contributed by atoms with Crippen LogP contribution in [0.3, 0.4) is 0 Å². The second-order valence-corrected chi connectivity index (χ2v) is 13.7. The van der Waals surface area contributed by atoms with Crippen LogP contribution in [0, 0.1) is 0 Å². The third-order valence-corrected chi connectivity index (χ3v) is 10.7. The summed E-state index contributed by atoms with van der Waals surface area (Å²) < 4.78 is 11.4. The van der Waals surface area contributed by atoms with E-state index in [4.69, 9.17) is 9.15 Å². The molecule has 0 unspecified atom stereocenters. The lowest BCUT2D eigenvalue weighted by atomic mass is 9.86. The van der Waals surface area contributed by atoms with E-state index in [1.807, 2.05) is 39.1 Å². The summed E-state index contributed by atoms with van der Waals surface area (Å²) in [6, 6.07) is 38.4. The molecular formula is C37H37N2O3P. The van der Waals surface area contributed by atoms with Crippen molar-refractivity contribution in [2.24, 2.45) is 0 Å². The van der Waals surface area contributed by atoms with Gasteiger partial charge in [0.25, 0.3) is 0 Å². The molecule has 0 aliphatic carbocycles. The fourth-order valence-electron chi connectivity index (χ4n) is 5.87. The first-order chi connectivity index (χ1) is 20.9. The van der Waals surface area contributed by atoms with E-state index in [1.54, 1.807) is 11.1 Å². The van der Waals surface area contributed by atoms with E-state index < -0.39 is 13.3 Å². The molecule has 5 aromatic rings. The number of ether oxygens (including phenoxy) is 1. The van der Waals surface area contributed by atoms with Crippen LogP contribution in [0.4, 0.5) is 5.69 Å². The van der Waals surface area contributed by atoms with Gasteiger partial charge in [0.1, 0.15) is 0 Å². The lowest BCUT2D eigenvalue weighted by molar-refractivity contribution is -0.121. The first-order valence-corrected chi connectivity index (χ1v) is 16.2. The molecule has 2 aliphatic rings. The molecule has 1 fully saturated rings. The van der Waals surface area contributed by atoms with Gasteiger partial charge in [-0.25, -0.2) is 4.98 Å². The third-order valence-electron chi connectivity index (χ3n) is 8.29. The molecule has 0 atom stereocenters. The molecule has 6 heteroatoms. The van der Waals surface area contributed by atoms with Crippen molar-refractivity contribution < 1.29 is 13.9 Å². The predicted octanol–water partition coefficient (Wildman–Crippen LogP) is 6.93. The Morgan fingerprint density at radius 3 is 1.86 bits per heavy atom. The molecule has 2 aliphatic heterocycles. The lowest BCUT2D eigenvalue weighted by Gasteiger charge is -2.18. The quantitative estimate of drug-likeness (QED) is 0.209. The second-order valence-electron chi connectivity index (χ2n) is 11.5. The number of fused-ring (bicyclic) bond motifs is 1. The fourth-order valence-corrected chi connectivity index (χ4v) is 8.17. The summed E-state index contributed by atoms with van der Waals surface area (Å²) >= 11 is 0. The van der Waals surface area contributed by atoms with E-state index in [9.17, 15) is 4.79 Å². The van der Waals surface area contributed by atoms with Crippen LogP contribution in [0.2, 0.25) is 0 Å². The number of benzene rings is 4. The van der Waals surface area contributed by atoms with Gasteiger partial charge < -0.3 is 14.1 Å². The summed E-state index contributed by atoms with van der Waals surface area (Å²) in [5.74, 6) is 2.00. The van der Waals surface area contributed by atoms with E-state index in [0.29, 0.717) is 5.92 Å². The minimum atomic E-state index is -0.475. The fraction of sp³-hybridized carbons (Fsp3) is 0.243. The maximum Gasteiger partial charge on any atom is 0.236 e. The standard InChI is InChI=1S/C19H22N2O3.C18H15P/c1-19(2)14-5-4-13(10-15(14)21(3)18(19)22)16-11-20-17(24-16)12-6-8-23-9-7-12;1-4-10-16(11-5-1)19(17-12-6-2-7-13-17)18-14-8-3-9-15-18/h4-5,10-12H,6-9H2,1-3H3;1-15H. The van der Waals surface area contributed by atoms with Gasteiger partial charge in [-0.3, -0.25) is 4.79 Å². The van der Waals surface area contributed by atoms with Crippen LogP contribution in [0.15, 0.2) is 120 Å². The minimum absolute atomic E-state index is 0.120. The van der Waals surface area contributed by atoms with Crippen LogP contribution in [-0.2, 0) is 14.9 Å².